The molecule has 0 saturated carbocycles. The maximum absolute atomic E-state index is 12.6. The number of carbonyl (C=O) groups excluding carboxylic acids is 3. The first-order valence-corrected chi connectivity index (χ1v) is 12.7. The number of carbonyl (C=O) groups is 3. The van der Waals surface area contributed by atoms with E-state index in [0.717, 1.165) is 16.9 Å². The third-order valence-electron chi connectivity index (χ3n) is 6.08. The molecule has 3 amide bonds. The summed E-state index contributed by atoms with van der Waals surface area (Å²) in [4.78, 5) is 39.2. The van der Waals surface area contributed by atoms with Crippen molar-refractivity contribution in [2.75, 3.05) is 28.7 Å². The fourth-order valence-electron chi connectivity index (χ4n) is 4.09. The lowest BCUT2D eigenvalue weighted by Crippen LogP contribution is -2.43. The van der Waals surface area contributed by atoms with Gasteiger partial charge < -0.3 is 20.1 Å². The largest absolute Gasteiger partial charge is 0.489 e. The molecule has 0 bridgehead atoms. The summed E-state index contributed by atoms with van der Waals surface area (Å²) in [5, 5.41) is 5.57. The number of amides is 3. The second-order valence-electron chi connectivity index (χ2n) is 9.03. The summed E-state index contributed by atoms with van der Waals surface area (Å²) < 4.78 is 11.3. The van der Waals surface area contributed by atoms with E-state index in [2.05, 4.69) is 10.6 Å². The fourth-order valence-corrected chi connectivity index (χ4v) is 4.09. The van der Waals surface area contributed by atoms with Crippen LogP contribution in [0.15, 0.2) is 109 Å². The summed E-state index contributed by atoms with van der Waals surface area (Å²) in [7, 11) is 0. The molecule has 4 aromatic rings. The van der Waals surface area contributed by atoms with Gasteiger partial charge in [-0.2, -0.15) is 0 Å². The first-order valence-electron chi connectivity index (χ1n) is 12.7. The van der Waals surface area contributed by atoms with Gasteiger partial charge >= 0.3 is 0 Å². The average molecular weight is 534 g/mol. The van der Waals surface area contributed by atoms with Crippen LogP contribution >= 0.6 is 0 Å². The molecule has 40 heavy (non-hydrogen) atoms. The zero-order chi connectivity index (χ0) is 27.7. The van der Waals surface area contributed by atoms with E-state index in [4.69, 9.17) is 9.47 Å². The summed E-state index contributed by atoms with van der Waals surface area (Å²) in [5.41, 5.74) is 3.43. The van der Waals surface area contributed by atoms with E-state index in [1.165, 1.54) is 11.0 Å². The molecule has 0 atom stereocenters. The zero-order valence-corrected chi connectivity index (χ0v) is 21.6. The van der Waals surface area contributed by atoms with Crippen LogP contribution in [-0.4, -0.2) is 30.9 Å². The molecule has 1 heterocycles. The van der Waals surface area contributed by atoms with Crippen molar-refractivity contribution < 1.29 is 23.9 Å². The van der Waals surface area contributed by atoms with Crippen molar-refractivity contribution >= 4 is 40.9 Å². The second kappa shape index (κ2) is 12.4. The Balaban J connectivity index is 1.19. The van der Waals surface area contributed by atoms with Crippen LogP contribution in [0, 0.1) is 0 Å². The van der Waals surface area contributed by atoms with Crippen LogP contribution in [0.1, 0.15) is 11.1 Å². The van der Waals surface area contributed by atoms with Crippen LogP contribution in [0.4, 0.5) is 17.1 Å². The van der Waals surface area contributed by atoms with E-state index in [1.807, 2.05) is 72.8 Å². The Morgan fingerprint density at radius 1 is 0.850 bits per heavy atom. The topological polar surface area (TPSA) is 97.0 Å². The molecule has 0 aromatic heterocycles. The number of ether oxygens (including phenoxy) is 2. The minimum atomic E-state index is -0.352. The third kappa shape index (κ3) is 6.93. The van der Waals surface area contributed by atoms with Gasteiger partial charge in [0, 0.05) is 17.5 Å². The molecule has 2 N–H and O–H groups in total. The van der Waals surface area contributed by atoms with Crippen molar-refractivity contribution in [3.63, 3.8) is 0 Å². The molecule has 0 spiro atoms. The lowest BCUT2D eigenvalue weighted by molar-refractivity contribution is -0.123. The minimum absolute atomic E-state index is 0.170. The number of anilines is 3. The molecule has 200 valence electrons. The number of fused-ring (bicyclic) bond motifs is 1. The molecule has 0 aliphatic carbocycles. The van der Waals surface area contributed by atoms with Crippen molar-refractivity contribution in [2.45, 2.75) is 6.61 Å². The lowest BCUT2D eigenvalue weighted by Gasteiger charge is -2.29. The number of nitrogens with zero attached hydrogens (tertiary/aromatic N) is 1. The van der Waals surface area contributed by atoms with Crippen LogP contribution in [0.2, 0.25) is 0 Å². The van der Waals surface area contributed by atoms with E-state index >= 15 is 0 Å². The molecule has 8 heteroatoms. The van der Waals surface area contributed by atoms with Gasteiger partial charge in [0.05, 0.1) is 5.69 Å². The van der Waals surface area contributed by atoms with E-state index in [0.29, 0.717) is 29.4 Å². The predicted octanol–water partition coefficient (Wildman–Crippen LogP) is 5.28. The number of hydrogen-bond acceptors (Lipinski definition) is 5. The summed E-state index contributed by atoms with van der Waals surface area (Å²) >= 11 is 0. The van der Waals surface area contributed by atoms with Gasteiger partial charge in [-0.1, -0.05) is 60.7 Å². The Morgan fingerprint density at radius 2 is 1.57 bits per heavy atom. The van der Waals surface area contributed by atoms with E-state index in [-0.39, 0.29) is 30.9 Å². The molecule has 1 aliphatic rings. The van der Waals surface area contributed by atoms with Crippen molar-refractivity contribution in [1.29, 1.82) is 0 Å². The Bertz CT molecular complexity index is 1520. The summed E-state index contributed by atoms with van der Waals surface area (Å²) in [5.74, 6) is 0.144. The number of para-hydroxylation sites is 1. The fraction of sp³-hybridized carbons (Fsp3) is 0.0938. The number of benzene rings is 4. The van der Waals surface area contributed by atoms with Gasteiger partial charge in [-0.3, -0.25) is 19.3 Å². The van der Waals surface area contributed by atoms with Gasteiger partial charge in [-0.15, -0.1) is 0 Å². The molecular weight excluding hydrogens is 506 g/mol. The highest BCUT2D eigenvalue weighted by Gasteiger charge is 2.28. The average Bonchev–Trinajstić information content (AvgIpc) is 2.98. The van der Waals surface area contributed by atoms with Crippen molar-refractivity contribution in [3.05, 3.63) is 120 Å². The first-order chi connectivity index (χ1) is 19.5. The molecule has 5 rings (SSSR count). The smallest absolute Gasteiger partial charge is 0.265 e. The van der Waals surface area contributed by atoms with Gasteiger partial charge in [0.15, 0.2) is 6.61 Å². The van der Waals surface area contributed by atoms with Crippen molar-refractivity contribution in [1.82, 2.24) is 0 Å². The van der Waals surface area contributed by atoms with Crippen LogP contribution in [0.3, 0.4) is 0 Å². The van der Waals surface area contributed by atoms with Crippen molar-refractivity contribution in [3.8, 4) is 11.5 Å². The predicted molar refractivity (Wildman–Crippen MR) is 154 cm³/mol. The Labute approximate surface area is 231 Å². The van der Waals surface area contributed by atoms with Gasteiger partial charge in [-0.25, -0.2) is 0 Å². The Hall–Kier alpha value is -5.37. The quantitative estimate of drug-likeness (QED) is 0.285. The monoisotopic (exact) mass is 533 g/mol. The molecule has 8 nitrogen and oxygen atoms in total. The highest BCUT2D eigenvalue weighted by Crippen LogP contribution is 2.34. The van der Waals surface area contributed by atoms with Gasteiger partial charge in [0.1, 0.15) is 24.7 Å². The van der Waals surface area contributed by atoms with Crippen molar-refractivity contribution in [2.24, 2.45) is 0 Å². The van der Waals surface area contributed by atoms with Gasteiger partial charge in [-0.05, 0) is 59.7 Å². The van der Waals surface area contributed by atoms with Crippen LogP contribution in [0.25, 0.3) is 6.08 Å². The summed E-state index contributed by atoms with van der Waals surface area (Å²) in [6, 6.07) is 31.3. The SMILES string of the molecule is O=C(/C=C/c1ccc(OCc2ccccc2)cc1)Nc1ccc2c(c1)N(CC(=O)Nc1ccccc1)C(=O)CO2. The standard InChI is InChI=1S/C32H27N3O5/c36-30(18-13-23-11-15-27(16-12-23)39-21-24-7-3-1-4-8-24)34-26-14-17-29-28(19-26)35(32(38)22-40-29)20-31(37)33-25-9-5-2-6-10-25/h1-19H,20-22H2,(H,33,37)(H,34,36)/b18-13+. The molecule has 0 unspecified atom stereocenters. The van der Waals surface area contributed by atoms with Crippen LogP contribution in [-0.2, 0) is 21.0 Å². The second-order valence-corrected chi connectivity index (χ2v) is 9.03. The highest BCUT2D eigenvalue weighted by molar-refractivity contribution is 6.06. The number of hydrogen-bond donors (Lipinski definition) is 2. The number of rotatable bonds is 9. The molecule has 0 saturated heterocycles. The lowest BCUT2D eigenvalue weighted by atomic mass is 10.2. The molecule has 0 radical (unpaired) electrons. The van der Waals surface area contributed by atoms with Gasteiger partial charge in [0.2, 0.25) is 11.8 Å². The summed E-state index contributed by atoms with van der Waals surface area (Å²) in [6.07, 6.45) is 3.12. The Kier molecular flexibility index (Phi) is 8.17. The molecule has 0 fully saturated rings. The van der Waals surface area contributed by atoms with E-state index in [9.17, 15) is 14.4 Å². The molecular formula is C32H27N3O5. The molecule has 1 aliphatic heterocycles. The maximum atomic E-state index is 12.6. The molecule has 4 aromatic carbocycles. The third-order valence-corrected chi connectivity index (χ3v) is 6.08. The van der Waals surface area contributed by atoms with E-state index < -0.39 is 0 Å². The number of nitrogens with one attached hydrogen (secondary N) is 2. The van der Waals surface area contributed by atoms with Crippen LogP contribution in [0.5, 0.6) is 11.5 Å². The van der Waals surface area contributed by atoms with Gasteiger partial charge in [0.25, 0.3) is 5.91 Å². The Morgan fingerprint density at radius 3 is 2.33 bits per heavy atom. The highest BCUT2D eigenvalue weighted by atomic mass is 16.5. The maximum Gasteiger partial charge on any atom is 0.265 e. The minimum Gasteiger partial charge on any atom is -0.489 e. The van der Waals surface area contributed by atoms with E-state index in [1.54, 1.807) is 36.4 Å². The van der Waals surface area contributed by atoms with Crippen LogP contribution < -0.4 is 25.0 Å². The summed E-state index contributed by atoms with van der Waals surface area (Å²) in [6.45, 7) is 0.119. The first kappa shape index (κ1) is 26.2. The zero-order valence-electron chi connectivity index (χ0n) is 21.6. The normalized spacial score (nSPS) is 12.4.